The van der Waals surface area contributed by atoms with Crippen molar-refractivity contribution in [3.8, 4) is 0 Å². The highest BCUT2D eigenvalue weighted by Gasteiger charge is 2.25. The molecule has 0 aromatic carbocycles. The molecular weight excluding hydrogens is 196 g/mol. The van der Waals surface area contributed by atoms with Crippen molar-refractivity contribution in [1.82, 2.24) is 10.2 Å². The third-order valence-electron chi connectivity index (χ3n) is 2.99. The number of nitrogens with two attached hydrogens (primary N) is 1. The van der Waals surface area contributed by atoms with Crippen LogP contribution in [0.15, 0.2) is 5.51 Å². The van der Waals surface area contributed by atoms with Gasteiger partial charge in [0, 0.05) is 6.54 Å². The van der Waals surface area contributed by atoms with Crippen LogP contribution in [0.4, 0.5) is 5.13 Å². The minimum atomic E-state index is 0.704. The van der Waals surface area contributed by atoms with Crippen molar-refractivity contribution >= 4 is 16.5 Å². The zero-order chi connectivity index (χ0) is 9.80. The van der Waals surface area contributed by atoms with E-state index in [4.69, 9.17) is 5.73 Å². The summed E-state index contributed by atoms with van der Waals surface area (Å²) in [4.78, 5) is 0. The van der Waals surface area contributed by atoms with Crippen molar-refractivity contribution in [2.24, 2.45) is 17.6 Å². The Morgan fingerprint density at radius 3 is 3.07 bits per heavy atom. The highest BCUT2D eigenvalue weighted by atomic mass is 32.1. The van der Waals surface area contributed by atoms with E-state index >= 15 is 0 Å². The van der Waals surface area contributed by atoms with Gasteiger partial charge in [0.25, 0.3) is 0 Å². The molecule has 4 nitrogen and oxygen atoms in total. The van der Waals surface area contributed by atoms with Gasteiger partial charge in [-0.15, -0.1) is 10.2 Å². The summed E-state index contributed by atoms with van der Waals surface area (Å²) in [6, 6.07) is 0. The number of aromatic nitrogens is 2. The molecule has 0 spiro atoms. The van der Waals surface area contributed by atoms with Crippen LogP contribution in [-0.4, -0.2) is 23.3 Å². The Hall–Kier alpha value is -0.680. The van der Waals surface area contributed by atoms with Gasteiger partial charge in [0.1, 0.15) is 5.51 Å². The summed E-state index contributed by atoms with van der Waals surface area (Å²) in [5.41, 5.74) is 7.47. The van der Waals surface area contributed by atoms with Crippen LogP contribution in [0.2, 0.25) is 0 Å². The Labute approximate surface area is 87.9 Å². The maximum atomic E-state index is 5.72. The van der Waals surface area contributed by atoms with Gasteiger partial charge < -0.3 is 11.1 Å². The zero-order valence-corrected chi connectivity index (χ0v) is 8.96. The van der Waals surface area contributed by atoms with Gasteiger partial charge in [-0.05, 0) is 31.2 Å². The van der Waals surface area contributed by atoms with Crippen molar-refractivity contribution < 1.29 is 0 Å². The molecule has 1 aliphatic rings. The second-order valence-corrected chi connectivity index (χ2v) is 4.64. The van der Waals surface area contributed by atoms with E-state index in [1.807, 2.05) is 0 Å². The Kier molecular flexibility index (Phi) is 3.31. The maximum Gasteiger partial charge on any atom is 0.205 e. The molecule has 1 saturated carbocycles. The molecule has 1 fully saturated rings. The molecule has 1 aliphatic carbocycles. The van der Waals surface area contributed by atoms with Crippen molar-refractivity contribution in [2.45, 2.75) is 19.3 Å². The Bertz CT molecular complexity index is 262. The average Bonchev–Trinajstić information content (AvgIpc) is 2.85. The molecule has 0 amide bonds. The van der Waals surface area contributed by atoms with Gasteiger partial charge in [0.15, 0.2) is 0 Å². The number of nitrogens with one attached hydrogen (secondary N) is 1. The fourth-order valence-corrected chi connectivity index (χ4v) is 2.62. The van der Waals surface area contributed by atoms with Crippen LogP contribution < -0.4 is 11.1 Å². The first-order valence-electron chi connectivity index (χ1n) is 5.10. The van der Waals surface area contributed by atoms with E-state index in [0.29, 0.717) is 5.92 Å². The molecule has 2 rings (SSSR count). The minimum absolute atomic E-state index is 0.704. The van der Waals surface area contributed by atoms with Gasteiger partial charge in [-0.3, -0.25) is 0 Å². The number of rotatable bonds is 4. The standard InChI is InChI=1S/C9H16N4S/c10-4-7-2-1-3-8(7)5-11-9-13-12-6-14-9/h6-8H,1-5,10H2,(H,11,13). The molecule has 78 valence electrons. The molecule has 1 heterocycles. The third kappa shape index (κ3) is 2.22. The second kappa shape index (κ2) is 4.70. The number of anilines is 1. The van der Waals surface area contributed by atoms with Crippen molar-refractivity contribution in [3.63, 3.8) is 0 Å². The molecule has 1 aromatic rings. The van der Waals surface area contributed by atoms with Crippen molar-refractivity contribution in [1.29, 1.82) is 0 Å². The van der Waals surface area contributed by atoms with Crippen LogP contribution >= 0.6 is 11.3 Å². The fraction of sp³-hybridized carbons (Fsp3) is 0.778. The first kappa shape index (κ1) is 9.86. The zero-order valence-electron chi connectivity index (χ0n) is 8.15. The molecule has 14 heavy (non-hydrogen) atoms. The van der Waals surface area contributed by atoms with Gasteiger partial charge in [0.05, 0.1) is 0 Å². The van der Waals surface area contributed by atoms with Crippen molar-refractivity contribution in [2.75, 3.05) is 18.4 Å². The SMILES string of the molecule is NCC1CCCC1CNc1nncs1. The highest BCUT2D eigenvalue weighted by Crippen LogP contribution is 2.30. The highest BCUT2D eigenvalue weighted by molar-refractivity contribution is 7.13. The first-order valence-corrected chi connectivity index (χ1v) is 5.98. The number of hydrogen-bond acceptors (Lipinski definition) is 5. The second-order valence-electron chi connectivity index (χ2n) is 3.81. The molecule has 2 unspecified atom stereocenters. The lowest BCUT2D eigenvalue weighted by Gasteiger charge is -2.17. The van der Waals surface area contributed by atoms with Gasteiger partial charge in [-0.1, -0.05) is 17.8 Å². The lowest BCUT2D eigenvalue weighted by molar-refractivity contribution is 0.414. The van der Waals surface area contributed by atoms with Crippen LogP contribution in [0.5, 0.6) is 0 Å². The normalized spacial score (nSPS) is 26.6. The minimum Gasteiger partial charge on any atom is -0.360 e. The molecule has 0 saturated heterocycles. The van der Waals surface area contributed by atoms with E-state index in [2.05, 4.69) is 15.5 Å². The van der Waals surface area contributed by atoms with Crippen LogP contribution in [0.25, 0.3) is 0 Å². The monoisotopic (exact) mass is 212 g/mol. The number of nitrogens with zero attached hydrogens (tertiary/aromatic N) is 2. The average molecular weight is 212 g/mol. The van der Waals surface area contributed by atoms with Crippen LogP contribution in [0.3, 0.4) is 0 Å². The Balaban J connectivity index is 1.80. The van der Waals surface area contributed by atoms with E-state index in [9.17, 15) is 0 Å². The lowest BCUT2D eigenvalue weighted by atomic mass is 9.96. The molecule has 3 N–H and O–H groups in total. The Morgan fingerprint density at radius 2 is 2.36 bits per heavy atom. The quantitative estimate of drug-likeness (QED) is 0.790. The summed E-state index contributed by atoms with van der Waals surface area (Å²) in [7, 11) is 0. The van der Waals surface area contributed by atoms with Crippen LogP contribution in [-0.2, 0) is 0 Å². The van der Waals surface area contributed by atoms with Gasteiger partial charge in [0.2, 0.25) is 5.13 Å². The van der Waals surface area contributed by atoms with Gasteiger partial charge in [-0.2, -0.15) is 0 Å². The van der Waals surface area contributed by atoms with E-state index < -0.39 is 0 Å². The molecule has 2 atom stereocenters. The lowest BCUT2D eigenvalue weighted by Crippen LogP contribution is -2.24. The van der Waals surface area contributed by atoms with Crippen LogP contribution in [0, 0.1) is 11.8 Å². The smallest absolute Gasteiger partial charge is 0.205 e. The molecule has 0 aliphatic heterocycles. The summed E-state index contributed by atoms with van der Waals surface area (Å²) >= 11 is 1.55. The van der Waals surface area contributed by atoms with Crippen molar-refractivity contribution in [3.05, 3.63) is 5.51 Å². The molecule has 0 bridgehead atoms. The molecule has 5 heteroatoms. The first-order chi connectivity index (χ1) is 6.90. The summed E-state index contributed by atoms with van der Waals surface area (Å²) in [5, 5.41) is 12.0. The van der Waals surface area contributed by atoms with E-state index in [0.717, 1.165) is 24.1 Å². The largest absolute Gasteiger partial charge is 0.360 e. The summed E-state index contributed by atoms with van der Waals surface area (Å²) in [6.45, 7) is 1.82. The summed E-state index contributed by atoms with van der Waals surface area (Å²) < 4.78 is 0. The third-order valence-corrected chi connectivity index (χ3v) is 3.64. The summed E-state index contributed by atoms with van der Waals surface area (Å²) in [6.07, 6.45) is 3.91. The van der Waals surface area contributed by atoms with Gasteiger partial charge >= 0.3 is 0 Å². The molecule has 1 aromatic heterocycles. The predicted molar refractivity (Wildman–Crippen MR) is 58.3 cm³/mol. The molecule has 0 radical (unpaired) electrons. The summed E-state index contributed by atoms with van der Waals surface area (Å²) in [5.74, 6) is 1.43. The van der Waals surface area contributed by atoms with E-state index in [1.54, 1.807) is 16.8 Å². The topological polar surface area (TPSA) is 63.8 Å². The van der Waals surface area contributed by atoms with Crippen LogP contribution in [0.1, 0.15) is 19.3 Å². The van der Waals surface area contributed by atoms with E-state index in [-0.39, 0.29) is 0 Å². The fourth-order valence-electron chi connectivity index (χ4n) is 2.16. The Morgan fingerprint density at radius 1 is 1.50 bits per heavy atom. The molecular formula is C9H16N4S. The number of hydrogen-bond donors (Lipinski definition) is 2. The maximum absolute atomic E-state index is 5.72. The van der Waals surface area contributed by atoms with E-state index in [1.165, 1.54) is 19.3 Å². The van der Waals surface area contributed by atoms with Gasteiger partial charge in [-0.25, -0.2) is 0 Å². The predicted octanol–water partition coefficient (Wildman–Crippen LogP) is 1.32.